The number of allylic oxidation sites excluding steroid dienone is 1. The summed E-state index contributed by atoms with van der Waals surface area (Å²) in [5.41, 5.74) is 18.1. The molecule has 0 spiro atoms. The average Bonchev–Trinajstić information content (AvgIpc) is 3.07. The normalized spacial score (nSPS) is 24.9. The van der Waals surface area contributed by atoms with Gasteiger partial charge in [0.2, 0.25) is 0 Å². The van der Waals surface area contributed by atoms with Gasteiger partial charge in [0.25, 0.3) is 0 Å². The summed E-state index contributed by atoms with van der Waals surface area (Å²) in [6.07, 6.45) is 9.59. The Morgan fingerprint density at radius 2 is 2.07 bits per heavy atom. The third kappa shape index (κ3) is 3.59. The monoisotopic (exact) mass is 409 g/mol. The molecule has 1 fully saturated rings. The molecule has 2 heterocycles. The van der Waals surface area contributed by atoms with Gasteiger partial charge in [0, 0.05) is 63.1 Å². The molecule has 1 aliphatic heterocycles. The van der Waals surface area contributed by atoms with Gasteiger partial charge in [-0.05, 0) is 62.3 Å². The van der Waals surface area contributed by atoms with E-state index >= 15 is 0 Å². The van der Waals surface area contributed by atoms with Crippen LogP contribution in [0.1, 0.15) is 48.6 Å². The summed E-state index contributed by atoms with van der Waals surface area (Å²) in [7, 11) is -0.793. The lowest BCUT2D eigenvalue weighted by molar-refractivity contribution is 0.540. The van der Waals surface area contributed by atoms with Gasteiger partial charge in [-0.2, -0.15) is 0 Å². The van der Waals surface area contributed by atoms with Gasteiger partial charge in [-0.25, -0.2) is 4.98 Å². The summed E-state index contributed by atoms with van der Waals surface area (Å²) in [5.74, 6) is 1.29. The number of hydrogen-bond acceptors (Lipinski definition) is 6. The fourth-order valence-corrected chi connectivity index (χ4v) is 6.12. The topological polar surface area (TPSA) is 118 Å². The van der Waals surface area contributed by atoms with Gasteiger partial charge in [-0.1, -0.05) is 0 Å². The molecule has 2 atom stereocenters. The molecular formula is C22H27N5OS. The van der Waals surface area contributed by atoms with Gasteiger partial charge in [-0.15, -0.1) is 0 Å². The number of nitrogens with two attached hydrogens (primary N) is 2. The highest BCUT2D eigenvalue weighted by molar-refractivity contribution is 7.85. The first-order valence-corrected chi connectivity index (χ1v) is 11.5. The number of aliphatic imine (C=N–C) groups is 1. The number of aryl methyl sites for hydroxylation is 1. The zero-order valence-electron chi connectivity index (χ0n) is 16.7. The van der Waals surface area contributed by atoms with E-state index in [0.29, 0.717) is 17.2 Å². The Hall–Kier alpha value is -2.54. The van der Waals surface area contributed by atoms with Crippen LogP contribution >= 0.6 is 0 Å². The lowest BCUT2D eigenvalue weighted by Gasteiger charge is -2.23. The lowest BCUT2D eigenvalue weighted by atomic mass is 9.85. The standard InChI is InChI=1S/C22H27N5OS/c1-22(8-9-29(28)13-22)26-12-14(10-23)21-16-5-3-2-4-15(16)20-17(11-24)18(25)6-7-19(20)27-21/h6-7,10-12,24H,2-5,8-9,13,23,25H2,1H3. The highest BCUT2D eigenvalue weighted by Gasteiger charge is 2.32. The second-order valence-corrected chi connectivity index (χ2v) is 9.72. The third-order valence-corrected chi connectivity index (χ3v) is 7.60. The molecule has 2 aromatic rings. The Bertz CT molecular complexity index is 1070. The van der Waals surface area contributed by atoms with Crippen LogP contribution in [0.25, 0.3) is 16.5 Å². The van der Waals surface area contributed by atoms with Crippen LogP contribution in [0.15, 0.2) is 23.3 Å². The molecule has 4 rings (SSSR count). The SMILES string of the molecule is CC1(N=CC(=CN)c2nc3ccc(N)c(C=N)c3c3c2CCCC3)CCS(=O)C1. The number of anilines is 1. The summed E-state index contributed by atoms with van der Waals surface area (Å²) < 4.78 is 11.8. The van der Waals surface area contributed by atoms with Crippen LogP contribution in [0.3, 0.4) is 0 Å². The molecule has 1 saturated heterocycles. The zero-order valence-corrected chi connectivity index (χ0v) is 17.5. The fourth-order valence-electron chi connectivity index (χ4n) is 4.39. The molecule has 6 nitrogen and oxygen atoms in total. The Morgan fingerprint density at radius 1 is 1.31 bits per heavy atom. The minimum absolute atomic E-state index is 0.308. The summed E-state index contributed by atoms with van der Waals surface area (Å²) >= 11 is 0. The molecule has 2 unspecified atom stereocenters. The molecule has 29 heavy (non-hydrogen) atoms. The predicted octanol–water partition coefficient (Wildman–Crippen LogP) is 2.97. The van der Waals surface area contributed by atoms with Crippen LogP contribution in [0.4, 0.5) is 5.69 Å². The van der Waals surface area contributed by atoms with Gasteiger partial charge in [0.15, 0.2) is 0 Å². The van der Waals surface area contributed by atoms with E-state index in [1.54, 1.807) is 12.4 Å². The quantitative estimate of drug-likeness (QED) is 0.531. The van der Waals surface area contributed by atoms with Crippen LogP contribution in [-0.2, 0) is 23.6 Å². The fraction of sp³-hybridized carbons (Fsp3) is 0.409. The smallest absolute Gasteiger partial charge is 0.0774 e. The summed E-state index contributed by atoms with van der Waals surface area (Å²) in [4.78, 5) is 9.70. The maximum atomic E-state index is 11.8. The van der Waals surface area contributed by atoms with Crippen LogP contribution in [0, 0.1) is 5.41 Å². The molecule has 0 bridgehead atoms. The number of hydrogen-bond donors (Lipinski definition) is 3. The lowest BCUT2D eigenvalue weighted by Crippen LogP contribution is -2.22. The predicted molar refractivity (Wildman–Crippen MR) is 122 cm³/mol. The maximum absolute atomic E-state index is 11.8. The molecule has 5 N–H and O–H groups in total. The van der Waals surface area contributed by atoms with Gasteiger partial charge < -0.3 is 16.9 Å². The minimum atomic E-state index is -0.793. The first-order valence-electron chi connectivity index (χ1n) is 10.0. The van der Waals surface area contributed by atoms with E-state index in [2.05, 4.69) is 0 Å². The molecule has 0 amide bonds. The average molecular weight is 410 g/mol. The Kier molecular flexibility index (Phi) is 5.25. The summed E-state index contributed by atoms with van der Waals surface area (Å²) in [6.45, 7) is 2.05. The highest BCUT2D eigenvalue weighted by atomic mass is 32.2. The molecule has 152 valence electrons. The van der Waals surface area contributed by atoms with Crippen LogP contribution in [0.5, 0.6) is 0 Å². The highest BCUT2D eigenvalue weighted by Crippen LogP contribution is 2.36. The number of fused-ring (bicyclic) bond motifs is 3. The number of nitrogen functional groups attached to an aromatic ring is 1. The van der Waals surface area contributed by atoms with E-state index < -0.39 is 10.8 Å². The third-order valence-electron chi connectivity index (χ3n) is 6.00. The zero-order chi connectivity index (χ0) is 20.6. The summed E-state index contributed by atoms with van der Waals surface area (Å²) in [6, 6.07) is 3.73. The van der Waals surface area contributed by atoms with E-state index in [1.807, 2.05) is 19.1 Å². The number of pyridine rings is 1. The molecule has 1 aliphatic carbocycles. The number of aromatic nitrogens is 1. The Morgan fingerprint density at radius 3 is 2.72 bits per heavy atom. The van der Waals surface area contributed by atoms with Crippen molar-refractivity contribution < 1.29 is 4.21 Å². The molecule has 2 aliphatic rings. The van der Waals surface area contributed by atoms with E-state index in [1.165, 1.54) is 17.3 Å². The van der Waals surface area contributed by atoms with Crippen molar-refractivity contribution in [2.45, 2.75) is 44.6 Å². The van der Waals surface area contributed by atoms with Crippen molar-refractivity contribution in [3.05, 3.63) is 40.7 Å². The Labute approximate surface area is 173 Å². The molecule has 1 aromatic heterocycles. The van der Waals surface area contributed by atoms with E-state index in [9.17, 15) is 4.21 Å². The molecule has 1 aromatic carbocycles. The first-order chi connectivity index (χ1) is 14.0. The van der Waals surface area contributed by atoms with Gasteiger partial charge >= 0.3 is 0 Å². The van der Waals surface area contributed by atoms with Crippen molar-refractivity contribution in [3.63, 3.8) is 0 Å². The van der Waals surface area contributed by atoms with Crippen molar-refractivity contribution in [1.82, 2.24) is 4.98 Å². The van der Waals surface area contributed by atoms with E-state index in [0.717, 1.165) is 59.8 Å². The van der Waals surface area contributed by atoms with Gasteiger partial charge in [0.1, 0.15) is 0 Å². The first kappa shape index (κ1) is 19.8. The summed E-state index contributed by atoms with van der Waals surface area (Å²) in [5, 5.41) is 8.84. The molecular weight excluding hydrogens is 382 g/mol. The van der Waals surface area contributed by atoms with Gasteiger partial charge in [0.05, 0.1) is 16.7 Å². The molecule has 7 heteroatoms. The van der Waals surface area contributed by atoms with Crippen molar-refractivity contribution in [2.75, 3.05) is 17.2 Å². The van der Waals surface area contributed by atoms with Gasteiger partial charge in [-0.3, -0.25) is 9.20 Å². The van der Waals surface area contributed by atoms with Crippen molar-refractivity contribution >= 4 is 45.4 Å². The second-order valence-electron chi connectivity index (χ2n) is 8.15. The largest absolute Gasteiger partial charge is 0.404 e. The Balaban J connectivity index is 1.86. The molecule has 0 radical (unpaired) electrons. The molecule has 0 saturated carbocycles. The van der Waals surface area contributed by atoms with Crippen molar-refractivity contribution in [1.29, 1.82) is 5.41 Å². The van der Waals surface area contributed by atoms with Crippen molar-refractivity contribution in [2.24, 2.45) is 10.7 Å². The number of benzene rings is 1. The van der Waals surface area contributed by atoms with Crippen molar-refractivity contribution in [3.8, 4) is 0 Å². The number of nitrogens with zero attached hydrogens (tertiary/aromatic N) is 2. The van der Waals surface area contributed by atoms with Crippen LogP contribution < -0.4 is 11.5 Å². The van der Waals surface area contributed by atoms with Crippen LogP contribution in [0.2, 0.25) is 0 Å². The number of nitrogens with one attached hydrogen (secondary N) is 1. The van der Waals surface area contributed by atoms with Crippen LogP contribution in [-0.4, -0.2) is 38.7 Å². The van der Waals surface area contributed by atoms with E-state index in [-0.39, 0.29) is 5.54 Å². The number of rotatable bonds is 4. The van der Waals surface area contributed by atoms with E-state index in [4.69, 9.17) is 26.9 Å². The second kappa shape index (κ2) is 7.71. The minimum Gasteiger partial charge on any atom is -0.404 e. The maximum Gasteiger partial charge on any atom is 0.0774 e.